The van der Waals surface area contributed by atoms with Crippen LogP contribution in [0.15, 0.2) is 103 Å². The van der Waals surface area contributed by atoms with Crippen molar-refractivity contribution in [2.45, 2.75) is 99.3 Å². The van der Waals surface area contributed by atoms with Gasteiger partial charge in [-0.15, -0.1) is 0 Å². The number of aryl methyl sites for hydroxylation is 2. The first-order valence-electron chi connectivity index (χ1n) is 14.9. The maximum atomic E-state index is 5.92. The molecule has 216 valence electrons. The Hall–Kier alpha value is -2.83. The molecule has 0 spiro atoms. The lowest BCUT2D eigenvalue weighted by Crippen LogP contribution is -1.93. The van der Waals surface area contributed by atoms with Crippen molar-refractivity contribution in [2.75, 3.05) is 0 Å². The molecule has 4 rings (SSSR count). The molecule has 0 heterocycles. The summed E-state index contributed by atoms with van der Waals surface area (Å²) in [6.07, 6.45) is 1.15. The number of rotatable bonds is 5. The second-order valence-corrected chi connectivity index (χ2v) is 11.9. The molecule has 0 aromatic heterocycles. The quantitative estimate of drug-likeness (QED) is 0.229. The zero-order chi connectivity index (χ0) is 30.1. The summed E-state index contributed by atoms with van der Waals surface area (Å²) in [4.78, 5) is 0. The molecule has 0 radical (unpaired) electrons. The molecule has 0 nitrogen and oxygen atoms in total. The fourth-order valence-electron chi connectivity index (χ4n) is 4.44. The Balaban J connectivity index is 0.000000267. The van der Waals surface area contributed by atoms with Gasteiger partial charge in [-0.2, -0.15) is 0 Å². The molecular formula is C39H53Cl. The van der Waals surface area contributed by atoms with Crippen LogP contribution in [0.25, 0.3) is 0 Å². The van der Waals surface area contributed by atoms with E-state index in [1.54, 1.807) is 0 Å². The molecule has 0 bridgehead atoms. The second-order valence-electron chi connectivity index (χ2n) is 11.5. The summed E-state index contributed by atoms with van der Waals surface area (Å²) in [5.41, 5.74) is 8.49. The SMILES string of the molecule is CC(C)c1ccccc1.CC(C)c1ccccc1Cl.CCc1ccccc1C(C)C.Cc1ccccc1C(C)C. The smallest absolute Gasteiger partial charge is 0.0440 e. The Bertz CT molecular complexity index is 1150. The molecule has 0 saturated carbocycles. The summed E-state index contributed by atoms with van der Waals surface area (Å²) < 4.78 is 0. The van der Waals surface area contributed by atoms with E-state index >= 15 is 0 Å². The van der Waals surface area contributed by atoms with Crippen molar-refractivity contribution in [3.8, 4) is 0 Å². The number of hydrogen-bond acceptors (Lipinski definition) is 0. The minimum absolute atomic E-state index is 0.522. The van der Waals surface area contributed by atoms with Gasteiger partial charge in [-0.1, -0.05) is 171 Å². The summed E-state index contributed by atoms with van der Waals surface area (Å²) in [7, 11) is 0. The summed E-state index contributed by atoms with van der Waals surface area (Å²) in [6, 6.07) is 35.7. The van der Waals surface area contributed by atoms with Crippen molar-refractivity contribution < 1.29 is 0 Å². The lowest BCUT2D eigenvalue weighted by molar-refractivity contribution is 0.844. The molecule has 4 aromatic rings. The molecule has 0 aliphatic carbocycles. The average molecular weight is 557 g/mol. The zero-order valence-corrected chi connectivity index (χ0v) is 27.5. The minimum atomic E-state index is 0.522. The van der Waals surface area contributed by atoms with Crippen LogP contribution in [-0.4, -0.2) is 0 Å². The first-order chi connectivity index (χ1) is 19.0. The van der Waals surface area contributed by atoms with Gasteiger partial charge in [0.15, 0.2) is 0 Å². The van der Waals surface area contributed by atoms with Gasteiger partial charge in [-0.25, -0.2) is 0 Å². The molecule has 0 aliphatic heterocycles. The Morgan fingerprint density at radius 2 is 0.900 bits per heavy atom. The van der Waals surface area contributed by atoms with Crippen molar-refractivity contribution in [1.82, 2.24) is 0 Å². The summed E-state index contributed by atoms with van der Waals surface area (Å²) >= 11 is 5.92. The van der Waals surface area contributed by atoms with Gasteiger partial charge in [0.2, 0.25) is 0 Å². The molecule has 0 N–H and O–H groups in total. The van der Waals surface area contributed by atoms with Crippen LogP contribution in [-0.2, 0) is 6.42 Å². The summed E-state index contributed by atoms with van der Waals surface area (Å²) in [6.45, 7) is 22.0. The van der Waals surface area contributed by atoms with Crippen LogP contribution >= 0.6 is 11.6 Å². The Labute approximate surface area is 251 Å². The molecule has 0 unspecified atom stereocenters. The predicted octanol–water partition coefficient (Wildman–Crippen LogP) is 12.8. The van der Waals surface area contributed by atoms with E-state index in [4.69, 9.17) is 11.6 Å². The van der Waals surface area contributed by atoms with Gasteiger partial charge in [0.05, 0.1) is 0 Å². The van der Waals surface area contributed by atoms with Crippen molar-refractivity contribution in [2.24, 2.45) is 0 Å². The van der Waals surface area contributed by atoms with Crippen LogP contribution < -0.4 is 0 Å². The van der Waals surface area contributed by atoms with E-state index in [1.807, 2.05) is 24.3 Å². The third-order valence-electron chi connectivity index (χ3n) is 6.86. The van der Waals surface area contributed by atoms with E-state index in [0.717, 1.165) is 11.4 Å². The molecule has 0 atom stereocenters. The van der Waals surface area contributed by atoms with Crippen molar-refractivity contribution >= 4 is 11.6 Å². The van der Waals surface area contributed by atoms with Gasteiger partial charge < -0.3 is 0 Å². The Kier molecular flexibility index (Phi) is 17.0. The third kappa shape index (κ3) is 13.0. The van der Waals surface area contributed by atoms with E-state index in [9.17, 15) is 0 Å². The summed E-state index contributed by atoms with van der Waals surface area (Å²) in [5.74, 6) is 2.49. The highest BCUT2D eigenvalue weighted by Crippen LogP contribution is 2.23. The second kappa shape index (κ2) is 19.3. The van der Waals surface area contributed by atoms with E-state index in [0.29, 0.717) is 23.7 Å². The highest BCUT2D eigenvalue weighted by Gasteiger charge is 2.03. The number of benzene rings is 4. The minimum Gasteiger partial charge on any atom is -0.0840 e. The van der Waals surface area contributed by atoms with Crippen LogP contribution in [0.1, 0.15) is 119 Å². The highest BCUT2D eigenvalue weighted by molar-refractivity contribution is 6.31. The molecule has 1 heteroatoms. The van der Waals surface area contributed by atoms with Gasteiger partial charge in [-0.3, -0.25) is 0 Å². The van der Waals surface area contributed by atoms with Crippen LogP contribution in [0, 0.1) is 6.92 Å². The van der Waals surface area contributed by atoms with Crippen molar-refractivity contribution in [1.29, 1.82) is 0 Å². The fraction of sp³-hybridized carbons (Fsp3) is 0.385. The standard InChI is InChI=1S/C11H16.C10H14.C9H11Cl.C9H12/c1-4-10-7-5-6-8-11(10)9(2)3;1-8(2)10-7-5-4-6-9(10)3;1-7(2)8-5-3-4-6-9(8)10;1-8(2)9-6-4-3-5-7-9/h5-9H,4H2,1-3H3;4-8H,1-3H3;3-7H,1-2H3;3-8H,1-2H3. The molecule has 40 heavy (non-hydrogen) atoms. The van der Waals surface area contributed by atoms with Gasteiger partial charge in [0.25, 0.3) is 0 Å². The maximum Gasteiger partial charge on any atom is 0.0440 e. The predicted molar refractivity (Wildman–Crippen MR) is 181 cm³/mol. The number of hydrogen-bond donors (Lipinski definition) is 0. The third-order valence-corrected chi connectivity index (χ3v) is 7.21. The maximum absolute atomic E-state index is 5.92. The van der Waals surface area contributed by atoms with Gasteiger partial charge in [-0.05, 0) is 76.5 Å². The molecule has 4 aromatic carbocycles. The molecule has 0 amide bonds. The first-order valence-corrected chi connectivity index (χ1v) is 15.3. The summed E-state index contributed by atoms with van der Waals surface area (Å²) in [5, 5.41) is 0.873. The lowest BCUT2D eigenvalue weighted by Gasteiger charge is -2.09. The monoisotopic (exact) mass is 556 g/mol. The normalized spacial score (nSPS) is 10.4. The van der Waals surface area contributed by atoms with E-state index < -0.39 is 0 Å². The van der Waals surface area contributed by atoms with Crippen LogP contribution in [0.4, 0.5) is 0 Å². The average Bonchev–Trinajstić information content (AvgIpc) is 2.94. The van der Waals surface area contributed by atoms with Gasteiger partial charge >= 0.3 is 0 Å². The van der Waals surface area contributed by atoms with Crippen molar-refractivity contribution in [3.05, 3.63) is 142 Å². The van der Waals surface area contributed by atoms with Crippen molar-refractivity contribution in [3.63, 3.8) is 0 Å². The number of halogens is 1. The van der Waals surface area contributed by atoms with E-state index in [1.165, 1.54) is 33.4 Å². The topological polar surface area (TPSA) is 0 Å². The van der Waals surface area contributed by atoms with E-state index in [2.05, 4.69) is 148 Å². The highest BCUT2D eigenvalue weighted by atomic mass is 35.5. The fourth-order valence-corrected chi connectivity index (χ4v) is 4.79. The van der Waals surface area contributed by atoms with Gasteiger partial charge in [0.1, 0.15) is 0 Å². The molecule has 0 aliphatic rings. The van der Waals surface area contributed by atoms with Crippen LogP contribution in [0.3, 0.4) is 0 Å². The lowest BCUT2D eigenvalue weighted by atomic mass is 9.96. The zero-order valence-electron chi connectivity index (χ0n) is 26.7. The molecule has 0 fully saturated rings. The first kappa shape index (κ1) is 35.2. The van der Waals surface area contributed by atoms with E-state index in [-0.39, 0.29) is 0 Å². The van der Waals surface area contributed by atoms with Crippen LogP contribution in [0.2, 0.25) is 5.02 Å². The molecular weight excluding hydrogens is 504 g/mol. The Morgan fingerprint density at radius 1 is 0.475 bits per heavy atom. The molecule has 0 saturated heterocycles. The largest absolute Gasteiger partial charge is 0.0840 e. The van der Waals surface area contributed by atoms with Gasteiger partial charge in [0, 0.05) is 5.02 Å². The Morgan fingerprint density at radius 3 is 1.25 bits per heavy atom. The van der Waals surface area contributed by atoms with Crippen LogP contribution in [0.5, 0.6) is 0 Å².